The van der Waals surface area contributed by atoms with E-state index in [4.69, 9.17) is 9.47 Å². The molecule has 0 spiro atoms. The second-order valence-corrected chi connectivity index (χ2v) is 9.90. The highest BCUT2D eigenvalue weighted by molar-refractivity contribution is 6.00. The highest BCUT2D eigenvalue weighted by Crippen LogP contribution is 2.65. The van der Waals surface area contributed by atoms with Crippen molar-refractivity contribution >= 4 is 17.5 Å². The van der Waals surface area contributed by atoms with Crippen LogP contribution >= 0.6 is 0 Å². The van der Waals surface area contributed by atoms with Crippen LogP contribution in [0.4, 0.5) is 5.69 Å². The van der Waals surface area contributed by atoms with Gasteiger partial charge in [-0.25, -0.2) is 0 Å². The zero-order chi connectivity index (χ0) is 20.4. The van der Waals surface area contributed by atoms with Crippen molar-refractivity contribution in [1.29, 1.82) is 0 Å². The van der Waals surface area contributed by atoms with Gasteiger partial charge in [0.25, 0.3) is 0 Å². The molecule has 2 saturated carbocycles. The van der Waals surface area contributed by atoms with Crippen LogP contribution in [0, 0.1) is 22.7 Å². The van der Waals surface area contributed by atoms with Crippen molar-refractivity contribution < 1.29 is 19.1 Å². The Morgan fingerprint density at radius 3 is 2.62 bits per heavy atom. The van der Waals surface area contributed by atoms with E-state index in [0.29, 0.717) is 37.2 Å². The number of carbonyl (C=O) groups is 2. The van der Waals surface area contributed by atoms with Crippen molar-refractivity contribution in [3.8, 4) is 11.5 Å². The largest absolute Gasteiger partial charge is 0.486 e. The molecule has 2 aliphatic carbocycles. The number of ether oxygens (including phenoxy) is 2. The molecule has 6 heteroatoms. The summed E-state index contributed by atoms with van der Waals surface area (Å²) in [5, 5.41) is 3.33. The van der Waals surface area contributed by atoms with Gasteiger partial charge in [0, 0.05) is 30.8 Å². The maximum Gasteiger partial charge on any atom is 0.227 e. The lowest BCUT2D eigenvalue weighted by atomic mass is 9.69. The van der Waals surface area contributed by atoms with Crippen LogP contribution in [-0.2, 0) is 9.59 Å². The molecule has 3 fully saturated rings. The topological polar surface area (TPSA) is 67.9 Å². The minimum atomic E-state index is -0.304. The average Bonchev–Trinajstić information content (AvgIpc) is 3.26. The number of fused-ring (bicyclic) bond motifs is 3. The summed E-state index contributed by atoms with van der Waals surface area (Å²) in [5.41, 5.74) is 1.17. The zero-order valence-electron chi connectivity index (χ0n) is 17.5. The van der Waals surface area contributed by atoms with Crippen molar-refractivity contribution in [2.24, 2.45) is 22.7 Å². The van der Waals surface area contributed by atoms with E-state index < -0.39 is 0 Å². The van der Waals surface area contributed by atoms with Crippen LogP contribution in [0.25, 0.3) is 0 Å². The van der Waals surface area contributed by atoms with Crippen molar-refractivity contribution in [3.63, 3.8) is 0 Å². The van der Waals surface area contributed by atoms with Crippen molar-refractivity contribution in [1.82, 2.24) is 5.32 Å². The van der Waals surface area contributed by atoms with Gasteiger partial charge < -0.3 is 19.7 Å². The third-order valence-electron chi connectivity index (χ3n) is 8.44. The normalized spacial score (nSPS) is 34.5. The Kier molecular flexibility index (Phi) is 4.13. The van der Waals surface area contributed by atoms with E-state index in [1.165, 1.54) is 12.8 Å². The Hall–Kier alpha value is -2.24. The van der Waals surface area contributed by atoms with Crippen LogP contribution < -0.4 is 19.7 Å². The number of rotatable bonds is 3. The SMILES string of the molecule is CC1(C)C2CCC1(C)C(NC(=O)C1CC(=O)N(c3ccc4c(c3)OCCO4)C1)C2. The molecule has 2 heterocycles. The van der Waals surface area contributed by atoms with Crippen LogP contribution in [0.2, 0.25) is 0 Å². The molecule has 4 unspecified atom stereocenters. The Bertz CT molecular complexity index is 866. The molecule has 2 amide bonds. The van der Waals surface area contributed by atoms with Gasteiger partial charge in [-0.3, -0.25) is 9.59 Å². The first kappa shape index (κ1) is 18.8. The van der Waals surface area contributed by atoms with Gasteiger partial charge >= 0.3 is 0 Å². The van der Waals surface area contributed by atoms with Crippen LogP contribution in [0.1, 0.15) is 46.5 Å². The number of hydrogen-bond donors (Lipinski definition) is 1. The molecule has 1 aromatic rings. The summed E-state index contributed by atoms with van der Waals surface area (Å²) in [6.45, 7) is 8.48. The van der Waals surface area contributed by atoms with Crippen molar-refractivity contribution in [3.05, 3.63) is 18.2 Å². The van der Waals surface area contributed by atoms with E-state index >= 15 is 0 Å². The number of nitrogens with zero attached hydrogens (tertiary/aromatic N) is 1. The van der Waals surface area contributed by atoms with Gasteiger partial charge in [-0.2, -0.15) is 0 Å². The molecule has 156 valence electrons. The first-order chi connectivity index (χ1) is 13.8. The molecule has 4 aliphatic rings. The number of anilines is 1. The molecule has 6 nitrogen and oxygen atoms in total. The van der Waals surface area contributed by atoms with Gasteiger partial charge in [-0.1, -0.05) is 20.8 Å². The molecule has 1 N–H and O–H groups in total. The highest BCUT2D eigenvalue weighted by Gasteiger charge is 2.61. The summed E-state index contributed by atoms with van der Waals surface area (Å²) < 4.78 is 11.2. The first-order valence-electron chi connectivity index (χ1n) is 10.8. The smallest absolute Gasteiger partial charge is 0.227 e. The molecular formula is C23H30N2O4. The Labute approximate surface area is 171 Å². The van der Waals surface area contributed by atoms with Crippen LogP contribution in [0.15, 0.2) is 18.2 Å². The molecule has 5 rings (SSSR count). The predicted molar refractivity (Wildman–Crippen MR) is 109 cm³/mol. The van der Waals surface area contributed by atoms with Crippen LogP contribution in [0.3, 0.4) is 0 Å². The highest BCUT2D eigenvalue weighted by atomic mass is 16.6. The second kappa shape index (κ2) is 6.38. The van der Waals surface area contributed by atoms with E-state index in [1.54, 1.807) is 4.90 Å². The van der Waals surface area contributed by atoms with Gasteiger partial charge in [0.15, 0.2) is 11.5 Å². The van der Waals surface area contributed by atoms with Gasteiger partial charge in [0.2, 0.25) is 11.8 Å². The molecule has 2 aliphatic heterocycles. The summed E-state index contributed by atoms with van der Waals surface area (Å²) in [6, 6.07) is 5.75. The minimum Gasteiger partial charge on any atom is -0.486 e. The lowest BCUT2D eigenvalue weighted by molar-refractivity contribution is -0.127. The Balaban J connectivity index is 1.28. The zero-order valence-corrected chi connectivity index (χ0v) is 17.5. The lowest BCUT2D eigenvalue weighted by Crippen LogP contribution is -2.48. The van der Waals surface area contributed by atoms with E-state index in [9.17, 15) is 9.59 Å². The summed E-state index contributed by atoms with van der Waals surface area (Å²) in [4.78, 5) is 27.4. The van der Waals surface area contributed by atoms with Gasteiger partial charge in [-0.05, 0) is 48.1 Å². The molecule has 1 aromatic carbocycles. The molecule has 0 radical (unpaired) electrons. The molecule has 1 saturated heterocycles. The van der Waals surface area contributed by atoms with Crippen LogP contribution in [-0.4, -0.2) is 37.6 Å². The standard InChI is InChI=1S/C23H30N2O4/c1-22(2)15-6-7-23(22,3)19(11-15)24-21(27)14-10-20(26)25(13-14)16-4-5-17-18(12-16)29-9-8-28-17/h4-5,12,14-15,19H,6-11,13H2,1-3H3,(H,24,27). The number of hydrogen-bond acceptors (Lipinski definition) is 4. The maximum absolute atomic E-state index is 13.1. The van der Waals surface area contributed by atoms with Crippen molar-refractivity contribution in [2.45, 2.75) is 52.5 Å². The van der Waals surface area contributed by atoms with Gasteiger partial charge in [0.1, 0.15) is 13.2 Å². The molecule has 0 aromatic heterocycles. The third kappa shape index (κ3) is 2.75. The fourth-order valence-corrected chi connectivity index (χ4v) is 6.04. The summed E-state index contributed by atoms with van der Waals surface area (Å²) in [7, 11) is 0. The molecule has 4 atom stereocenters. The monoisotopic (exact) mass is 398 g/mol. The summed E-state index contributed by atoms with van der Waals surface area (Å²) in [5.74, 6) is 1.74. The Morgan fingerprint density at radius 2 is 1.93 bits per heavy atom. The van der Waals surface area contributed by atoms with E-state index in [1.807, 2.05) is 18.2 Å². The van der Waals surface area contributed by atoms with E-state index in [0.717, 1.165) is 12.1 Å². The Morgan fingerprint density at radius 1 is 1.17 bits per heavy atom. The van der Waals surface area contributed by atoms with E-state index in [-0.39, 0.29) is 41.0 Å². The quantitative estimate of drug-likeness (QED) is 0.849. The van der Waals surface area contributed by atoms with Crippen LogP contribution in [0.5, 0.6) is 11.5 Å². The molecule has 2 bridgehead atoms. The average molecular weight is 399 g/mol. The first-order valence-corrected chi connectivity index (χ1v) is 10.8. The van der Waals surface area contributed by atoms with E-state index in [2.05, 4.69) is 26.1 Å². The number of carbonyl (C=O) groups excluding carboxylic acids is 2. The summed E-state index contributed by atoms with van der Waals surface area (Å²) >= 11 is 0. The summed E-state index contributed by atoms with van der Waals surface area (Å²) in [6.07, 6.45) is 3.75. The predicted octanol–water partition coefficient (Wildman–Crippen LogP) is 3.14. The lowest BCUT2D eigenvalue weighted by Gasteiger charge is -2.39. The van der Waals surface area contributed by atoms with Crippen molar-refractivity contribution in [2.75, 3.05) is 24.7 Å². The fourth-order valence-electron chi connectivity index (χ4n) is 6.04. The number of nitrogens with one attached hydrogen (secondary N) is 1. The maximum atomic E-state index is 13.1. The van der Waals surface area contributed by atoms with Gasteiger partial charge in [0.05, 0.1) is 5.92 Å². The van der Waals surface area contributed by atoms with Gasteiger partial charge in [-0.15, -0.1) is 0 Å². The molecule has 29 heavy (non-hydrogen) atoms. The molecular weight excluding hydrogens is 368 g/mol. The third-order valence-corrected chi connectivity index (χ3v) is 8.44. The second-order valence-electron chi connectivity index (χ2n) is 9.90. The number of benzene rings is 1. The minimum absolute atomic E-state index is 0.0127. The fraction of sp³-hybridized carbons (Fsp3) is 0.652. The number of amides is 2.